The van der Waals surface area contributed by atoms with Gasteiger partial charge in [0.05, 0.1) is 64.0 Å². The van der Waals surface area contributed by atoms with Crippen molar-refractivity contribution >= 4 is 60.0 Å². The smallest absolute Gasteiger partial charge is 0.255 e. The lowest BCUT2D eigenvalue weighted by atomic mass is 10.0. The Morgan fingerprint density at radius 2 is 1.89 bits per heavy atom. The molecule has 1 N–H and O–H groups in total. The quantitative estimate of drug-likeness (QED) is 0.196. The average Bonchev–Trinajstić information content (AvgIpc) is 3.89. The number of carbonyl (C=O) groups is 1. The van der Waals surface area contributed by atoms with Crippen LogP contribution in [-0.4, -0.2) is 80.2 Å². The van der Waals surface area contributed by atoms with Gasteiger partial charge in [0.1, 0.15) is 28.5 Å². The standard InChI is InChI=1S/C39H34FN7O5S/c1-42-39(48)36-28-16-27(32(45(2)53(4,49)50)18-34(28)52-38(36)22-8-10-24(40)11-9-22)29-12-13-30-37(44-29)33-17-26-23(19-41)6-5-7-31(26)47(33)35(43-30)21-46-15-14-25(20-46)51-3/h5-13,16-18,25H,14-15,20-21H2,1-4H3,(H,42,48). The molecule has 7 aromatic rings. The molecular formula is C39H34FN7O5S. The molecular weight excluding hydrogens is 698 g/mol. The lowest BCUT2D eigenvalue weighted by Crippen LogP contribution is -2.25. The van der Waals surface area contributed by atoms with Crippen molar-refractivity contribution in [3.05, 3.63) is 95.6 Å². The second-order valence-electron chi connectivity index (χ2n) is 13.2. The van der Waals surface area contributed by atoms with Crippen molar-refractivity contribution in [3.63, 3.8) is 0 Å². The molecule has 53 heavy (non-hydrogen) atoms. The average molecular weight is 732 g/mol. The van der Waals surface area contributed by atoms with Crippen LogP contribution in [0.25, 0.3) is 61.0 Å². The number of nitrogens with one attached hydrogen (secondary N) is 1. The molecule has 1 aliphatic heterocycles. The molecule has 4 aromatic heterocycles. The maximum atomic E-state index is 13.9. The van der Waals surface area contributed by atoms with Crippen LogP contribution in [0.3, 0.4) is 0 Å². The molecule has 0 bridgehead atoms. The van der Waals surface area contributed by atoms with E-state index < -0.39 is 21.7 Å². The zero-order chi connectivity index (χ0) is 37.2. The number of rotatable bonds is 8. The summed E-state index contributed by atoms with van der Waals surface area (Å²) in [4.78, 5) is 25.9. The number of anilines is 1. The van der Waals surface area contributed by atoms with Gasteiger partial charge in [0.2, 0.25) is 10.0 Å². The zero-order valence-electron chi connectivity index (χ0n) is 29.3. The number of nitriles is 1. The molecule has 1 fully saturated rings. The number of methoxy groups -OCH3 is 1. The van der Waals surface area contributed by atoms with Crippen molar-refractivity contribution in [3.8, 4) is 28.7 Å². The van der Waals surface area contributed by atoms with Gasteiger partial charge in [-0.3, -0.25) is 18.4 Å². The van der Waals surface area contributed by atoms with Gasteiger partial charge >= 0.3 is 0 Å². The van der Waals surface area contributed by atoms with E-state index in [0.717, 1.165) is 52.3 Å². The third-order valence-electron chi connectivity index (χ3n) is 10.00. The minimum atomic E-state index is -3.78. The maximum Gasteiger partial charge on any atom is 0.255 e. The third kappa shape index (κ3) is 5.83. The van der Waals surface area contributed by atoms with Crippen molar-refractivity contribution in [2.24, 2.45) is 0 Å². The number of aromatic nitrogens is 3. The summed E-state index contributed by atoms with van der Waals surface area (Å²) < 4.78 is 54.9. The van der Waals surface area contributed by atoms with Crippen LogP contribution in [0.15, 0.2) is 77.2 Å². The Morgan fingerprint density at radius 3 is 2.58 bits per heavy atom. The third-order valence-corrected chi connectivity index (χ3v) is 11.2. The molecule has 0 aliphatic carbocycles. The van der Waals surface area contributed by atoms with Gasteiger partial charge < -0.3 is 14.5 Å². The van der Waals surface area contributed by atoms with Gasteiger partial charge in [0.25, 0.3) is 5.91 Å². The molecule has 12 nitrogen and oxygen atoms in total. The Hall–Kier alpha value is -5.88. The summed E-state index contributed by atoms with van der Waals surface area (Å²) in [6.45, 7) is 2.17. The number of amides is 1. The molecule has 1 atom stereocenters. The highest BCUT2D eigenvalue weighted by Gasteiger charge is 2.28. The van der Waals surface area contributed by atoms with Crippen LogP contribution in [-0.2, 0) is 21.3 Å². The number of hydrogen-bond donors (Lipinski definition) is 1. The van der Waals surface area contributed by atoms with Gasteiger partial charge in [-0.1, -0.05) is 6.07 Å². The number of nitrogens with zero attached hydrogens (tertiary/aromatic N) is 6. The molecule has 0 spiro atoms. The fourth-order valence-electron chi connectivity index (χ4n) is 7.22. The Labute approximate surface area is 304 Å². The summed E-state index contributed by atoms with van der Waals surface area (Å²) in [5.41, 5.74) is 5.27. The van der Waals surface area contributed by atoms with Gasteiger partial charge in [-0.2, -0.15) is 5.26 Å². The second kappa shape index (κ2) is 13.0. The number of furan rings is 1. The maximum absolute atomic E-state index is 13.9. The highest BCUT2D eigenvalue weighted by molar-refractivity contribution is 7.92. The molecule has 5 heterocycles. The Kier molecular flexibility index (Phi) is 8.37. The first kappa shape index (κ1) is 34.2. The van der Waals surface area contributed by atoms with Crippen molar-refractivity contribution in [1.82, 2.24) is 24.6 Å². The number of carbonyl (C=O) groups excluding carboxylic acids is 1. The van der Waals surface area contributed by atoms with E-state index in [2.05, 4.69) is 16.3 Å². The van der Waals surface area contributed by atoms with E-state index in [1.165, 1.54) is 38.4 Å². The van der Waals surface area contributed by atoms with Crippen LogP contribution in [0, 0.1) is 17.1 Å². The van der Waals surface area contributed by atoms with E-state index in [4.69, 9.17) is 19.1 Å². The zero-order valence-corrected chi connectivity index (χ0v) is 30.2. The summed E-state index contributed by atoms with van der Waals surface area (Å²) in [6, 6.07) is 22.3. The van der Waals surface area contributed by atoms with E-state index in [-0.39, 0.29) is 28.7 Å². The fourth-order valence-corrected chi connectivity index (χ4v) is 7.73. The minimum Gasteiger partial charge on any atom is -0.455 e. The summed E-state index contributed by atoms with van der Waals surface area (Å²) in [7, 11) is 0.878. The highest BCUT2D eigenvalue weighted by Crippen LogP contribution is 2.41. The van der Waals surface area contributed by atoms with E-state index in [1.807, 2.05) is 28.7 Å². The van der Waals surface area contributed by atoms with Crippen LogP contribution >= 0.6 is 0 Å². The number of benzene rings is 3. The van der Waals surface area contributed by atoms with Crippen molar-refractivity contribution < 1.29 is 26.8 Å². The van der Waals surface area contributed by atoms with Gasteiger partial charge in [-0.05, 0) is 67.1 Å². The lowest BCUT2D eigenvalue weighted by molar-refractivity contribution is 0.0964. The molecule has 14 heteroatoms. The highest BCUT2D eigenvalue weighted by atomic mass is 32.2. The molecule has 8 rings (SSSR count). The minimum absolute atomic E-state index is 0.143. The topological polar surface area (TPSA) is 146 Å². The molecule has 3 aromatic carbocycles. The van der Waals surface area contributed by atoms with Gasteiger partial charge in [-0.15, -0.1) is 0 Å². The van der Waals surface area contributed by atoms with E-state index >= 15 is 0 Å². The van der Waals surface area contributed by atoms with Crippen LogP contribution in [0.4, 0.5) is 10.1 Å². The summed E-state index contributed by atoms with van der Waals surface area (Å²) in [5, 5.41) is 13.8. The number of pyridine rings is 1. The van der Waals surface area contributed by atoms with Crippen LogP contribution in [0.1, 0.15) is 28.2 Å². The first-order valence-corrected chi connectivity index (χ1v) is 18.8. The summed E-state index contributed by atoms with van der Waals surface area (Å²) in [5.74, 6) is 0.104. The van der Waals surface area contributed by atoms with E-state index in [1.54, 1.807) is 31.4 Å². The van der Waals surface area contributed by atoms with E-state index in [9.17, 15) is 22.9 Å². The monoisotopic (exact) mass is 731 g/mol. The number of ether oxygens (including phenoxy) is 1. The first-order valence-electron chi connectivity index (χ1n) is 16.9. The van der Waals surface area contributed by atoms with Crippen molar-refractivity contribution in [2.45, 2.75) is 19.1 Å². The number of hydrogen-bond acceptors (Lipinski definition) is 9. The fraction of sp³-hybridized carbons (Fsp3) is 0.231. The Balaban J connectivity index is 1.39. The molecule has 0 radical (unpaired) electrons. The van der Waals surface area contributed by atoms with Crippen molar-refractivity contribution in [2.75, 3.05) is 44.9 Å². The van der Waals surface area contributed by atoms with Gasteiger partial charge in [0.15, 0.2) is 0 Å². The van der Waals surface area contributed by atoms with Gasteiger partial charge in [0, 0.05) is 62.3 Å². The SMILES string of the molecule is CNC(=O)c1c(-c2ccc(F)cc2)oc2cc(N(C)S(C)(=O)=O)c(-c3ccc4nc(CN5CCC(OC)C5)n5c6cccc(C#N)c6cc5c4n3)cc12. The lowest BCUT2D eigenvalue weighted by Gasteiger charge is -2.21. The van der Waals surface area contributed by atoms with Crippen LogP contribution in [0.5, 0.6) is 0 Å². The molecule has 1 unspecified atom stereocenters. The molecule has 1 saturated heterocycles. The summed E-state index contributed by atoms with van der Waals surface area (Å²) in [6.07, 6.45) is 2.16. The van der Waals surface area contributed by atoms with Crippen LogP contribution in [0.2, 0.25) is 0 Å². The summed E-state index contributed by atoms with van der Waals surface area (Å²) >= 11 is 0. The number of halogens is 1. The first-order chi connectivity index (χ1) is 25.5. The molecule has 268 valence electrons. The van der Waals surface area contributed by atoms with Crippen LogP contribution < -0.4 is 9.62 Å². The van der Waals surface area contributed by atoms with Gasteiger partial charge in [-0.25, -0.2) is 22.8 Å². The number of fused-ring (bicyclic) bond motifs is 6. The second-order valence-corrected chi connectivity index (χ2v) is 15.2. The normalized spacial score (nSPS) is 15.1. The largest absolute Gasteiger partial charge is 0.455 e. The predicted molar refractivity (Wildman–Crippen MR) is 201 cm³/mol. The Morgan fingerprint density at radius 1 is 1.09 bits per heavy atom. The van der Waals surface area contributed by atoms with Crippen molar-refractivity contribution in [1.29, 1.82) is 5.26 Å². The number of sulfonamides is 1. The van der Waals surface area contributed by atoms with E-state index in [0.29, 0.717) is 45.3 Å². The number of likely N-dealkylation sites (tertiary alicyclic amines) is 1. The predicted octanol–water partition coefficient (Wildman–Crippen LogP) is 6.10. The Bertz CT molecular complexity index is 2770. The molecule has 0 saturated carbocycles. The molecule has 1 aliphatic rings. The molecule has 1 amide bonds.